The number of halogens is 1. The zero-order chi connectivity index (χ0) is 22.1. The number of hydrogen-bond donors (Lipinski definition) is 1. The molecule has 6 heteroatoms. The SMILES string of the molecule is Cc1ccc(C2=C(Nc3ccc(C)c(Cl)c3)C(=O)N(Cc3cccnc3)C2=O)cc1C. The molecular formula is C25H22ClN3O2. The Morgan fingerprint density at radius 3 is 2.39 bits per heavy atom. The van der Waals surface area contributed by atoms with E-state index < -0.39 is 0 Å². The second-order valence-corrected chi connectivity index (χ2v) is 8.10. The van der Waals surface area contributed by atoms with E-state index in [4.69, 9.17) is 11.6 Å². The predicted molar refractivity (Wildman–Crippen MR) is 122 cm³/mol. The summed E-state index contributed by atoms with van der Waals surface area (Å²) in [4.78, 5) is 32.1. The molecule has 0 fully saturated rings. The molecule has 0 atom stereocenters. The molecule has 0 saturated heterocycles. The Labute approximate surface area is 186 Å². The molecule has 1 aliphatic rings. The molecule has 0 unspecified atom stereocenters. The molecule has 0 spiro atoms. The lowest BCUT2D eigenvalue weighted by molar-refractivity contribution is -0.137. The van der Waals surface area contributed by atoms with Crippen LogP contribution in [0.25, 0.3) is 5.57 Å². The minimum Gasteiger partial charge on any atom is -0.350 e. The van der Waals surface area contributed by atoms with Gasteiger partial charge in [-0.05, 0) is 66.8 Å². The zero-order valence-corrected chi connectivity index (χ0v) is 18.3. The first-order valence-corrected chi connectivity index (χ1v) is 10.3. The van der Waals surface area contributed by atoms with Gasteiger partial charge in [-0.2, -0.15) is 0 Å². The summed E-state index contributed by atoms with van der Waals surface area (Å²) in [5.74, 6) is -0.711. The Bertz CT molecular complexity index is 1220. The van der Waals surface area contributed by atoms with Gasteiger partial charge >= 0.3 is 0 Å². The van der Waals surface area contributed by atoms with E-state index in [1.54, 1.807) is 24.5 Å². The molecule has 2 heterocycles. The van der Waals surface area contributed by atoms with E-state index >= 15 is 0 Å². The van der Waals surface area contributed by atoms with E-state index in [0.29, 0.717) is 21.8 Å². The molecule has 4 rings (SSSR count). The summed E-state index contributed by atoms with van der Waals surface area (Å²) in [6.45, 7) is 6.06. The van der Waals surface area contributed by atoms with Crippen molar-refractivity contribution >= 4 is 34.7 Å². The fraction of sp³-hybridized carbons (Fsp3) is 0.160. The van der Waals surface area contributed by atoms with Gasteiger partial charge in [-0.3, -0.25) is 19.5 Å². The largest absolute Gasteiger partial charge is 0.350 e. The van der Waals surface area contributed by atoms with E-state index in [1.807, 2.05) is 57.2 Å². The summed E-state index contributed by atoms with van der Waals surface area (Å²) in [6, 6.07) is 14.9. The molecule has 2 aromatic carbocycles. The van der Waals surface area contributed by atoms with Crippen LogP contribution in [-0.2, 0) is 16.1 Å². The number of aromatic nitrogens is 1. The number of amides is 2. The summed E-state index contributed by atoms with van der Waals surface area (Å²) < 4.78 is 0. The number of pyridine rings is 1. The fourth-order valence-electron chi connectivity index (χ4n) is 3.49. The molecule has 0 bridgehead atoms. The Balaban J connectivity index is 1.78. The van der Waals surface area contributed by atoms with E-state index in [1.165, 1.54) is 4.90 Å². The predicted octanol–water partition coefficient (Wildman–Crippen LogP) is 5.05. The number of carbonyl (C=O) groups excluding carboxylic acids is 2. The van der Waals surface area contributed by atoms with E-state index in [0.717, 1.165) is 22.3 Å². The molecule has 1 aliphatic heterocycles. The lowest BCUT2D eigenvalue weighted by Crippen LogP contribution is -2.32. The van der Waals surface area contributed by atoms with E-state index in [2.05, 4.69) is 10.3 Å². The first kappa shape index (κ1) is 20.8. The van der Waals surface area contributed by atoms with Crippen LogP contribution in [-0.4, -0.2) is 21.7 Å². The second kappa shape index (κ2) is 8.36. The number of carbonyl (C=O) groups is 2. The third-order valence-corrected chi connectivity index (χ3v) is 5.88. The van der Waals surface area contributed by atoms with Gasteiger partial charge in [-0.15, -0.1) is 0 Å². The van der Waals surface area contributed by atoms with Crippen LogP contribution in [0, 0.1) is 20.8 Å². The number of rotatable bonds is 5. The minimum absolute atomic E-state index is 0.152. The number of anilines is 1. The third kappa shape index (κ3) is 4.09. The number of nitrogens with one attached hydrogen (secondary N) is 1. The lowest BCUT2D eigenvalue weighted by atomic mass is 9.99. The van der Waals surface area contributed by atoms with Gasteiger partial charge in [0.2, 0.25) is 0 Å². The van der Waals surface area contributed by atoms with Gasteiger partial charge in [-0.1, -0.05) is 41.9 Å². The summed E-state index contributed by atoms with van der Waals surface area (Å²) in [6.07, 6.45) is 3.31. The van der Waals surface area contributed by atoms with Crippen LogP contribution in [0.2, 0.25) is 5.02 Å². The Morgan fingerprint density at radius 1 is 0.935 bits per heavy atom. The van der Waals surface area contributed by atoms with Gasteiger partial charge < -0.3 is 5.32 Å². The molecule has 3 aromatic rings. The van der Waals surface area contributed by atoms with Crippen LogP contribution < -0.4 is 5.32 Å². The molecule has 0 aliphatic carbocycles. The second-order valence-electron chi connectivity index (χ2n) is 7.70. The van der Waals surface area contributed by atoms with Crippen molar-refractivity contribution in [1.82, 2.24) is 9.88 Å². The molecule has 1 aromatic heterocycles. The molecule has 0 saturated carbocycles. The van der Waals surface area contributed by atoms with Crippen molar-refractivity contribution in [2.75, 3.05) is 5.32 Å². The Kier molecular flexibility index (Phi) is 5.61. The van der Waals surface area contributed by atoms with E-state index in [-0.39, 0.29) is 24.1 Å². The van der Waals surface area contributed by atoms with Crippen LogP contribution >= 0.6 is 11.6 Å². The van der Waals surface area contributed by atoms with Crippen molar-refractivity contribution < 1.29 is 9.59 Å². The summed E-state index contributed by atoms with van der Waals surface area (Å²) >= 11 is 6.27. The standard InChI is InChI=1S/C25H22ClN3O2/c1-15-6-8-19(11-17(15)3)22-23(28-20-9-7-16(2)21(26)12-20)25(31)29(24(22)30)14-18-5-4-10-27-13-18/h4-13,28H,14H2,1-3H3. The number of aryl methyl sites for hydroxylation is 3. The fourth-order valence-corrected chi connectivity index (χ4v) is 3.67. The number of imide groups is 1. The normalized spacial score (nSPS) is 13.9. The molecule has 0 radical (unpaired) electrons. The first-order valence-electron chi connectivity index (χ1n) is 9.95. The highest BCUT2D eigenvalue weighted by Crippen LogP contribution is 2.33. The van der Waals surface area contributed by atoms with Crippen LogP contribution in [0.15, 0.2) is 66.6 Å². The lowest BCUT2D eigenvalue weighted by Gasteiger charge is -2.15. The molecule has 1 N–H and O–H groups in total. The van der Waals surface area contributed by atoms with Crippen LogP contribution in [0.5, 0.6) is 0 Å². The quantitative estimate of drug-likeness (QED) is 0.574. The zero-order valence-electron chi connectivity index (χ0n) is 17.6. The minimum atomic E-state index is -0.376. The average Bonchev–Trinajstić information content (AvgIpc) is 2.98. The van der Waals surface area contributed by atoms with E-state index in [9.17, 15) is 9.59 Å². The molecule has 5 nitrogen and oxygen atoms in total. The highest BCUT2D eigenvalue weighted by Gasteiger charge is 2.39. The monoisotopic (exact) mass is 431 g/mol. The van der Waals surface area contributed by atoms with Gasteiger partial charge in [0.1, 0.15) is 5.70 Å². The average molecular weight is 432 g/mol. The van der Waals surface area contributed by atoms with Crippen LogP contribution in [0.1, 0.15) is 27.8 Å². The van der Waals surface area contributed by atoms with Crippen molar-refractivity contribution in [1.29, 1.82) is 0 Å². The number of nitrogens with zero attached hydrogens (tertiary/aromatic N) is 2. The maximum atomic E-state index is 13.4. The van der Waals surface area contributed by atoms with Gasteiger partial charge in [0.15, 0.2) is 0 Å². The summed E-state index contributed by atoms with van der Waals surface area (Å²) in [5.41, 5.74) is 5.84. The van der Waals surface area contributed by atoms with Gasteiger partial charge in [0.25, 0.3) is 11.8 Å². The van der Waals surface area contributed by atoms with Gasteiger partial charge in [0, 0.05) is 23.1 Å². The summed E-state index contributed by atoms with van der Waals surface area (Å²) in [5, 5.41) is 3.74. The maximum Gasteiger partial charge on any atom is 0.278 e. The molecule has 156 valence electrons. The number of hydrogen-bond acceptors (Lipinski definition) is 4. The van der Waals surface area contributed by atoms with Crippen molar-refractivity contribution in [3.05, 3.63) is 99.5 Å². The molecule has 31 heavy (non-hydrogen) atoms. The van der Waals surface area contributed by atoms with Crippen molar-refractivity contribution in [2.24, 2.45) is 0 Å². The maximum absolute atomic E-state index is 13.4. The molecular weight excluding hydrogens is 410 g/mol. The highest BCUT2D eigenvalue weighted by molar-refractivity contribution is 6.36. The van der Waals surface area contributed by atoms with Crippen molar-refractivity contribution in [2.45, 2.75) is 27.3 Å². The highest BCUT2D eigenvalue weighted by atomic mass is 35.5. The van der Waals surface area contributed by atoms with Crippen molar-refractivity contribution in [3.8, 4) is 0 Å². The van der Waals surface area contributed by atoms with Crippen LogP contribution in [0.4, 0.5) is 5.69 Å². The van der Waals surface area contributed by atoms with Gasteiger partial charge in [0.05, 0.1) is 12.1 Å². The van der Waals surface area contributed by atoms with Crippen molar-refractivity contribution in [3.63, 3.8) is 0 Å². The number of benzene rings is 2. The third-order valence-electron chi connectivity index (χ3n) is 5.47. The Morgan fingerprint density at radius 2 is 1.71 bits per heavy atom. The summed E-state index contributed by atoms with van der Waals surface area (Å²) in [7, 11) is 0. The first-order chi connectivity index (χ1) is 14.8. The smallest absolute Gasteiger partial charge is 0.278 e. The molecule has 2 amide bonds. The Hall–Kier alpha value is -3.44. The topological polar surface area (TPSA) is 62.3 Å². The van der Waals surface area contributed by atoms with Crippen LogP contribution in [0.3, 0.4) is 0 Å². The van der Waals surface area contributed by atoms with Gasteiger partial charge in [-0.25, -0.2) is 0 Å².